The summed E-state index contributed by atoms with van der Waals surface area (Å²) in [6.45, 7) is 7.08. The van der Waals surface area contributed by atoms with Gasteiger partial charge in [0.25, 0.3) is 0 Å². The summed E-state index contributed by atoms with van der Waals surface area (Å²) >= 11 is 1.03. The lowest BCUT2D eigenvalue weighted by molar-refractivity contribution is 0.105. The number of hydrogen-bond donors (Lipinski definition) is 1. The first-order chi connectivity index (χ1) is 7.85. The summed E-state index contributed by atoms with van der Waals surface area (Å²) < 4.78 is 9.81. The molecule has 0 radical (unpaired) electrons. The minimum atomic E-state index is -0.434. The first-order valence-corrected chi connectivity index (χ1v) is 6.69. The molecule has 0 aromatic carbocycles. The van der Waals surface area contributed by atoms with Crippen LogP contribution in [0.5, 0.6) is 0 Å². The van der Waals surface area contributed by atoms with E-state index in [1.807, 2.05) is 20.8 Å². The highest BCUT2D eigenvalue weighted by Gasteiger charge is 2.13. The number of hydrogen-bond acceptors (Lipinski definition) is 5. The molecule has 1 amide bonds. The summed E-state index contributed by atoms with van der Waals surface area (Å²) in [6.07, 6.45) is 1.80. The summed E-state index contributed by atoms with van der Waals surface area (Å²) in [5.41, 5.74) is -0.0365. The van der Waals surface area contributed by atoms with Crippen LogP contribution < -0.4 is 5.32 Å². The molecule has 0 aromatic heterocycles. The van der Waals surface area contributed by atoms with Gasteiger partial charge in [-0.25, -0.2) is 9.59 Å². The van der Waals surface area contributed by atoms with Crippen molar-refractivity contribution in [1.29, 1.82) is 0 Å². The largest absolute Gasteiger partial charge is 0.458 e. The molecule has 0 spiro atoms. The molecule has 1 N–H and O–H groups in total. The number of thioether (sulfide) groups is 1. The van der Waals surface area contributed by atoms with Crippen LogP contribution in [0.25, 0.3) is 0 Å². The van der Waals surface area contributed by atoms with Crippen molar-refractivity contribution in [2.75, 3.05) is 26.0 Å². The molecule has 0 unspecified atom stereocenters. The van der Waals surface area contributed by atoms with Crippen molar-refractivity contribution < 1.29 is 19.1 Å². The zero-order chi connectivity index (χ0) is 13.3. The highest BCUT2D eigenvalue weighted by molar-refractivity contribution is 8.12. The Bertz CT molecular complexity index is 250. The van der Waals surface area contributed by atoms with Crippen LogP contribution in [0.2, 0.25) is 0 Å². The Morgan fingerprint density at radius 2 is 1.88 bits per heavy atom. The van der Waals surface area contributed by atoms with Gasteiger partial charge in [0, 0.05) is 6.54 Å². The minimum Gasteiger partial charge on any atom is -0.458 e. The second kappa shape index (κ2) is 8.22. The Balaban J connectivity index is 3.43. The van der Waals surface area contributed by atoms with E-state index < -0.39 is 6.09 Å². The Labute approximate surface area is 107 Å². The average molecular weight is 263 g/mol. The predicted octanol–water partition coefficient (Wildman–Crippen LogP) is 2.65. The molecule has 0 aliphatic rings. The van der Waals surface area contributed by atoms with Crippen LogP contribution in [0.15, 0.2) is 0 Å². The van der Waals surface area contributed by atoms with Crippen LogP contribution in [0.3, 0.4) is 0 Å². The van der Waals surface area contributed by atoms with Crippen molar-refractivity contribution in [3.05, 3.63) is 0 Å². The van der Waals surface area contributed by atoms with Crippen molar-refractivity contribution in [3.63, 3.8) is 0 Å². The third-order valence-electron chi connectivity index (χ3n) is 1.61. The van der Waals surface area contributed by atoms with Gasteiger partial charge in [0.15, 0.2) is 0 Å². The third kappa shape index (κ3) is 11.4. The van der Waals surface area contributed by atoms with E-state index >= 15 is 0 Å². The zero-order valence-corrected chi connectivity index (χ0v) is 11.7. The van der Waals surface area contributed by atoms with Gasteiger partial charge in [-0.15, -0.1) is 0 Å². The van der Waals surface area contributed by atoms with Crippen molar-refractivity contribution in [2.24, 2.45) is 5.41 Å². The van der Waals surface area contributed by atoms with Gasteiger partial charge in [-0.2, -0.15) is 0 Å². The number of rotatable bonds is 5. The first kappa shape index (κ1) is 16.1. The molecule has 0 rings (SSSR count). The third-order valence-corrected chi connectivity index (χ3v) is 2.06. The highest BCUT2D eigenvalue weighted by Crippen LogP contribution is 2.12. The Morgan fingerprint density at radius 3 is 2.41 bits per heavy atom. The number of amides is 1. The van der Waals surface area contributed by atoms with E-state index in [1.54, 1.807) is 6.26 Å². The Morgan fingerprint density at radius 1 is 1.24 bits per heavy atom. The van der Waals surface area contributed by atoms with Gasteiger partial charge >= 0.3 is 11.4 Å². The van der Waals surface area contributed by atoms with Gasteiger partial charge in [0.1, 0.15) is 0 Å². The molecule has 0 fully saturated rings. The monoisotopic (exact) mass is 263 g/mol. The van der Waals surface area contributed by atoms with Gasteiger partial charge in [0.05, 0.1) is 13.2 Å². The lowest BCUT2D eigenvalue weighted by Crippen LogP contribution is -2.29. The summed E-state index contributed by atoms with van der Waals surface area (Å²) in [6, 6.07) is 0. The molecule has 0 aliphatic heterocycles. The van der Waals surface area contributed by atoms with Gasteiger partial charge in [-0.05, 0) is 29.9 Å². The molecule has 100 valence electrons. The maximum atomic E-state index is 11.2. The molecule has 5 nitrogen and oxygen atoms in total. The van der Waals surface area contributed by atoms with Crippen LogP contribution in [0, 0.1) is 5.41 Å². The topological polar surface area (TPSA) is 64.6 Å². The van der Waals surface area contributed by atoms with E-state index in [0.717, 1.165) is 11.8 Å². The molecule has 0 aromatic rings. The molecule has 0 bridgehead atoms. The lowest BCUT2D eigenvalue weighted by atomic mass is 9.99. The average Bonchev–Trinajstić information content (AvgIpc) is 2.24. The van der Waals surface area contributed by atoms with E-state index in [0.29, 0.717) is 26.2 Å². The number of carbonyl (C=O) groups excluding carboxylic acids is 2. The van der Waals surface area contributed by atoms with Crippen LogP contribution in [0.1, 0.15) is 27.2 Å². The van der Waals surface area contributed by atoms with Gasteiger partial charge in [0.2, 0.25) is 0 Å². The summed E-state index contributed by atoms with van der Waals surface area (Å²) in [7, 11) is 0. The van der Waals surface area contributed by atoms with Crippen LogP contribution in [-0.4, -0.2) is 37.4 Å². The van der Waals surface area contributed by atoms with Crippen molar-refractivity contribution >= 4 is 23.2 Å². The highest BCUT2D eigenvalue weighted by atomic mass is 32.2. The Kier molecular flexibility index (Phi) is 7.78. The second-order valence-electron chi connectivity index (χ2n) is 4.72. The fourth-order valence-corrected chi connectivity index (χ4v) is 1.01. The molecule has 6 heteroatoms. The van der Waals surface area contributed by atoms with Crippen molar-refractivity contribution in [3.8, 4) is 0 Å². The van der Waals surface area contributed by atoms with E-state index in [4.69, 9.17) is 9.47 Å². The fourth-order valence-electron chi connectivity index (χ4n) is 0.810. The van der Waals surface area contributed by atoms with Crippen molar-refractivity contribution in [1.82, 2.24) is 5.32 Å². The maximum Gasteiger partial charge on any atom is 0.407 e. The maximum absolute atomic E-state index is 11.2. The minimum absolute atomic E-state index is 0.0365. The van der Waals surface area contributed by atoms with E-state index in [-0.39, 0.29) is 10.7 Å². The number of carbonyl (C=O) groups is 2. The number of ether oxygens (including phenoxy) is 2. The molecule has 0 heterocycles. The molecular formula is C11H21NO4S. The molecule has 0 saturated heterocycles. The van der Waals surface area contributed by atoms with Crippen LogP contribution in [-0.2, 0) is 9.47 Å². The van der Waals surface area contributed by atoms with Crippen molar-refractivity contribution in [2.45, 2.75) is 27.2 Å². The van der Waals surface area contributed by atoms with Gasteiger partial charge in [-0.1, -0.05) is 20.8 Å². The fraction of sp³-hybridized carbons (Fsp3) is 0.818. The number of nitrogens with one attached hydrogen (secondary N) is 1. The van der Waals surface area contributed by atoms with Gasteiger partial charge in [-0.3, -0.25) is 0 Å². The van der Waals surface area contributed by atoms with E-state index in [1.165, 1.54) is 0 Å². The molecule has 0 aliphatic carbocycles. The standard InChI is InChI=1S/C11H21NO4S/c1-11(2,3)8-16-9(13)12-6-5-7-15-10(14)17-4/h5-8H2,1-4H3,(H,12,13). The normalized spacial score (nSPS) is 10.8. The molecule has 0 saturated carbocycles. The molecule has 17 heavy (non-hydrogen) atoms. The molecule has 0 atom stereocenters. The second-order valence-corrected chi connectivity index (χ2v) is 5.46. The summed E-state index contributed by atoms with van der Waals surface area (Å²) in [5, 5.41) is 2.28. The smallest absolute Gasteiger partial charge is 0.407 e. The lowest BCUT2D eigenvalue weighted by Gasteiger charge is -2.17. The Hall–Kier alpha value is -0.910. The van der Waals surface area contributed by atoms with Gasteiger partial charge < -0.3 is 14.8 Å². The summed E-state index contributed by atoms with van der Waals surface area (Å²) in [4.78, 5) is 21.9. The number of alkyl carbamates (subject to hydrolysis) is 1. The summed E-state index contributed by atoms with van der Waals surface area (Å²) in [5.74, 6) is 0. The van der Waals surface area contributed by atoms with E-state index in [9.17, 15) is 9.59 Å². The van der Waals surface area contributed by atoms with E-state index in [2.05, 4.69) is 5.32 Å². The quantitative estimate of drug-likeness (QED) is 0.610. The van der Waals surface area contributed by atoms with Crippen LogP contribution >= 0.6 is 11.8 Å². The molecular weight excluding hydrogens is 242 g/mol. The SMILES string of the molecule is CSC(=O)OCCCNC(=O)OCC(C)(C)C. The first-order valence-electron chi connectivity index (χ1n) is 5.46. The predicted molar refractivity (Wildman–Crippen MR) is 68.3 cm³/mol. The van der Waals surface area contributed by atoms with Crippen LogP contribution in [0.4, 0.5) is 9.59 Å². The zero-order valence-electron chi connectivity index (χ0n) is 10.9.